The maximum atomic E-state index is 11.2. The fraction of sp³-hybridized carbons (Fsp3) is 0.950. The van der Waals surface area contributed by atoms with Gasteiger partial charge in [0.1, 0.15) is 5.78 Å². The molecule has 0 heterocycles. The molecule has 2 saturated carbocycles. The van der Waals surface area contributed by atoms with Crippen molar-refractivity contribution >= 4 is 5.78 Å². The zero-order chi connectivity index (χ0) is 15.1. The lowest BCUT2D eigenvalue weighted by Gasteiger charge is -2.37. The SMILES string of the molecule is CCCCCC1CCC(C2CCC(CC(C)=O)CC2)CC1. The normalized spacial score (nSPS) is 33.8. The zero-order valence-electron chi connectivity index (χ0n) is 14.4. The third-order valence-electron chi connectivity index (χ3n) is 6.24. The van der Waals surface area contributed by atoms with Crippen LogP contribution in [0.15, 0.2) is 0 Å². The largest absolute Gasteiger partial charge is 0.300 e. The summed E-state index contributed by atoms with van der Waals surface area (Å²) in [7, 11) is 0. The van der Waals surface area contributed by atoms with Gasteiger partial charge in [-0.25, -0.2) is 0 Å². The first-order valence-electron chi connectivity index (χ1n) is 9.68. The van der Waals surface area contributed by atoms with Crippen molar-refractivity contribution in [2.45, 2.75) is 97.3 Å². The molecule has 0 atom stereocenters. The maximum Gasteiger partial charge on any atom is 0.130 e. The molecule has 0 spiro atoms. The minimum absolute atomic E-state index is 0.394. The summed E-state index contributed by atoms with van der Waals surface area (Å²) in [5.74, 6) is 4.16. The lowest BCUT2D eigenvalue weighted by atomic mass is 9.68. The molecule has 2 fully saturated rings. The molecule has 21 heavy (non-hydrogen) atoms. The molecule has 2 aliphatic carbocycles. The smallest absolute Gasteiger partial charge is 0.130 e. The van der Waals surface area contributed by atoms with Crippen LogP contribution in [0, 0.1) is 23.7 Å². The highest BCUT2D eigenvalue weighted by Gasteiger charge is 2.30. The van der Waals surface area contributed by atoms with Crippen LogP contribution in [0.1, 0.15) is 97.3 Å². The van der Waals surface area contributed by atoms with Gasteiger partial charge in [0.15, 0.2) is 0 Å². The predicted molar refractivity (Wildman–Crippen MR) is 90.3 cm³/mol. The quantitative estimate of drug-likeness (QED) is 0.514. The Hall–Kier alpha value is -0.330. The first kappa shape index (κ1) is 17.0. The summed E-state index contributed by atoms with van der Waals surface area (Å²) in [4.78, 5) is 11.2. The van der Waals surface area contributed by atoms with Gasteiger partial charge < -0.3 is 4.79 Å². The van der Waals surface area contributed by atoms with E-state index in [1.165, 1.54) is 77.0 Å². The van der Waals surface area contributed by atoms with E-state index in [4.69, 9.17) is 0 Å². The molecular weight excluding hydrogens is 256 g/mol. The first-order chi connectivity index (χ1) is 10.2. The number of Topliss-reactive ketones (excluding diaryl/α,β-unsaturated/α-hetero) is 1. The molecule has 0 aliphatic heterocycles. The zero-order valence-corrected chi connectivity index (χ0v) is 14.4. The van der Waals surface area contributed by atoms with Crippen LogP contribution in [-0.2, 0) is 4.79 Å². The van der Waals surface area contributed by atoms with Gasteiger partial charge in [0.05, 0.1) is 0 Å². The van der Waals surface area contributed by atoms with E-state index in [2.05, 4.69) is 6.92 Å². The van der Waals surface area contributed by atoms with Crippen LogP contribution in [0.3, 0.4) is 0 Å². The molecule has 122 valence electrons. The molecule has 0 amide bonds. The summed E-state index contributed by atoms with van der Waals surface area (Å²) in [5.41, 5.74) is 0. The van der Waals surface area contributed by atoms with E-state index < -0.39 is 0 Å². The van der Waals surface area contributed by atoms with E-state index >= 15 is 0 Å². The van der Waals surface area contributed by atoms with Crippen LogP contribution in [0.25, 0.3) is 0 Å². The number of rotatable bonds is 7. The Morgan fingerprint density at radius 2 is 1.33 bits per heavy atom. The average Bonchev–Trinajstić information content (AvgIpc) is 2.49. The van der Waals surface area contributed by atoms with E-state index in [9.17, 15) is 4.79 Å². The highest BCUT2D eigenvalue weighted by Crippen LogP contribution is 2.42. The first-order valence-corrected chi connectivity index (χ1v) is 9.68. The Labute approximate surface area is 132 Å². The fourth-order valence-corrected chi connectivity index (χ4v) is 4.90. The van der Waals surface area contributed by atoms with Gasteiger partial charge in [0, 0.05) is 6.42 Å². The van der Waals surface area contributed by atoms with Gasteiger partial charge in [0.2, 0.25) is 0 Å². The number of unbranched alkanes of at least 4 members (excludes halogenated alkanes) is 2. The van der Waals surface area contributed by atoms with Crippen molar-refractivity contribution in [1.82, 2.24) is 0 Å². The average molecular weight is 293 g/mol. The summed E-state index contributed by atoms with van der Waals surface area (Å²) in [5, 5.41) is 0. The standard InChI is InChI=1S/C20H36O/c1-3-4-5-6-17-7-11-19(12-8-17)20-13-9-18(10-14-20)15-16(2)21/h17-20H,3-15H2,1-2H3. The van der Waals surface area contributed by atoms with Crippen molar-refractivity contribution < 1.29 is 4.79 Å². The van der Waals surface area contributed by atoms with Gasteiger partial charge in [0.25, 0.3) is 0 Å². The van der Waals surface area contributed by atoms with Crippen molar-refractivity contribution in [3.8, 4) is 0 Å². The molecular formula is C20H36O. The van der Waals surface area contributed by atoms with Crippen LogP contribution < -0.4 is 0 Å². The number of hydrogen-bond donors (Lipinski definition) is 0. The minimum Gasteiger partial charge on any atom is -0.300 e. The predicted octanol–water partition coefficient (Wildman–Crippen LogP) is 6.16. The monoisotopic (exact) mass is 292 g/mol. The molecule has 0 saturated heterocycles. The third-order valence-corrected chi connectivity index (χ3v) is 6.24. The molecule has 0 unspecified atom stereocenters. The van der Waals surface area contributed by atoms with Crippen LogP contribution in [0.5, 0.6) is 0 Å². The molecule has 0 aromatic rings. The second-order valence-electron chi connectivity index (χ2n) is 7.96. The molecule has 1 heteroatoms. The van der Waals surface area contributed by atoms with Gasteiger partial charge in [-0.3, -0.25) is 0 Å². The van der Waals surface area contributed by atoms with Crippen LogP contribution in [0.2, 0.25) is 0 Å². The lowest BCUT2D eigenvalue weighted by Crippen LogP contribution is -2.26. The summed E-state index contributed by atoms with van der Waals surface area (Å²) < 4.78 is 0. The highest BCUT2D eigenvalue weighted by molar-refractivity contribution is 5.75. The Morgan fingerprint density at radius 3 is 1.81 bits per heavy atom. The number of carbonyl (C=O) groups is 1. The van der Waals surface area contributed by atoms with Crippen LogP contribution in [0.4, 0.5) is 0 Å². The molecule has 0 bridgehead atoms. The van der Waals surface area contributed by atoms with E-state index in [1.54, 1.807) is 6.92 Å². The maximum absolute atomic E-state index is 11.2. The summed E-state index contributed by atoms with van der Waals surface area (Å²) in [6, 6.07) is 0. The second kappa shape index (κ2) is 8.96. The summed E-state index contributed by atoms with van der Waals surface area (Å²) >= 11 is 0. The third kappa shape index (κ3) is 5.75. The summed E-state index contributed by atoms with van der Waals surface area (Å²) in [6.07, 6.45) is 18.0. The van der Waals surface area contributed by atoms with Crippen molar-refractivity contribution in [3.63, 3.8) is 0 Å². The lowest BCUT2D eigenvalue weighted by molar-refractivity contribution is -0.118. The van der Waals surface area contributed by atoms with Gasteiger partial charge in [-0.15, -0.1) is 0 Å². The fourth-order valence-electron chi connectivity index (χ4n) is 4.90. The van der Waals surface area contributed by atoms with E-state index in [0.29, 0.717) is 11.7 Å². The second-order valence-corrected chi connectivity index (χ2v) is 7.96. The van der Waals surface area contributed by atoms with E-state index in [1.807, 2.05) is 0 Å². The molecule has 2 rings (SSSR count). The number of carbonyl (C=O) groups excluding carboxylic acids is 1. The van der Waals surface area contributed by atoms with Gasteiger partial charge in [-0.05, 0) is 69.1 Å². The number of hydrogen-bond acceptors (Lipinski definition) is 1. The van der Waals surface area contributed by atoms with Crippen molar-refractivity contribution in [2.24, 2.45) is 23.7 Å². The Morgan fingerprint density at radius 1 is 0.810 bits per heavy atom. The van der Waals surface area contributed by atoms with Crippen molar-refractivity contribution in [3.05, 3.63) is 0 Å². The summed E-state index contributed by atoms with van der Waals surface area (Å²) in [6.45, 7) is 4.06. The van der Waals surface area contributed by atoms with E-state index in [-0.39, 0.29) is 0 Å². The Kier molecular flexibility index (Phi) is 7.26. The van der Waals surface area contributed by atoms with Gasteiger partial charge in [-0.2, -0.15) is 0 Å². The molecule has 0 aromatic carbocycles. The van der Waals surface area contributed by atoms with Crippen LogP contribution >= 0.6 is 0 Å². The molecule has 2 aliphatic rings. The molecule has 0 aromatic heterocycles. The van der Waals surface area contributed by atoms with Crippen molar-refractivity contribution in [1.29, 1.82) is 0 Å². The van der Waals surface area contributed by atoms with Gasteiger partial charge >= 0.3 is 0 Å². The highest BCUT2D eigenvalue weighted by atomic mass is 16.1. The van der Waals surface area contributed by atoms with Crippen molar-refractivity contribution in [2.75, 3.05) is 0 Å². The molecule has 1 nitrogen and oxygen atoms in total. The Bertz CT molecular complexity index is 293. The van der Waals surface area contributed by atoms with Gasteiger partial charge in [-0.1, -0.05) is 45.4 Å². The molecule has 0 radical (unpaired) electrons. The topological polar surface area (TPSA) is 17.1 Å². The minimum atomic E-state index is 0.394. The van der Waals surface area contributed by atoms with E-state index in [0.717, 1.165) is 24.2 Å². The van der Waals surface area contributed by atoms with Crippen LogP contribution in [-0.4, -0.2) is 5.78 Å². The number of ketones is 1. The Balaban J connectivity index is 1.63. The molecule has 0 N–H and O–H groups in total.